The second-order valence-corrected chi connectivity index (χ2v) is 5.70. The number of methoxy groups -OCH3 is 1. The van der Waals surface area contributed by atoms with Gasteiger partial charge in [-0.3, -0.25) is 4.99 Å². The molecule has 0 spiro atoms. The van der Waals surface area contributed by atoms with Crippen LogP contribution in [0.1, 0.15) is 11.1 Å². The van der Waals surface area contributed by atoms with Crippen molar-refractivity contribution in [1.82, 2.24) is 4.90 Å². The average Bonchev–Trinajstić information content (AvgIpc) is 2.56. The first-order valence-electron chi connectivity index (χ1n) is 7.68. The molecule has 0 heterocycles. The number of benzene rings is 2. The maximum Gasteiger partial charge on any atom is 0.166 e. The Labute approximate surface area is 138 Å². The minimum atomic E-state index is 0.128. The largest absolute Gasteiger partial charge is 0.504 e. The molecule has 1 atom stereocenters. The van der Waals surface area contributed by atoms with Crippen molar-refractivity contribution < 1.29 is 9.84 Å². The Morgan fingerprint density at radius 2 is 1.87 bits per heavy atom. The molecule has 0 aliphatic rings. The van der Waals surface area contributed by atoms with E-state index in [2.05, 4.69) is 48.3 Å². The molecule has 0 aliphatic carbocycles. The van der Waals surface area contributed by atoms with Gasteiger partial charge in [0.15, 0.2) is 11.5 Å². The predicted molar refractivity (Wildman–Crippen MR) is 94.7 cm³/mol. The number of nitrogens with zero attached hydrogens (tertiary/aromatic N) is 2. The Morgan fingerprint density at radius 3 is 2.52 bits per heavy atom. The number of phenols is 1. The van der Waals surface area contributed by atoms with Gasteiger partial charge in [-0.2, -0.15) is 0 Å². The molecule has 2 rings (SSSR count). The molecule has 23 heavy (non-hydrogen) atoms. The molecule has 0 saturated carbocycles. The molecule has 122 valence electrons. The average molecular weight is 312 g/mol. The first-order chi connectivity index (χ1) is 11.1. The molecule has 0 saturated heterocycles. The van der Waals surface area contributed by atoms with Crippen molar-refractivity contribution in [3.8, 4) is 11.5 Å². The van der Waals surface area contributed by atoms with Crippen LogP contribution in [-0.2, 0) is 6.42 Å². The molecule has 0 unspecified atom stereocenters. The van der Waals surface area contributed by atoms with E-state index in [9.17, 15) is 5.11 Å². The van der Waals surface area contributed by atoms with Gasteiger partial charge in [0.2, 0.25) is 0 Å². The smallest absolute Gasteiger partial charge is 0.166 e. The number of ether oxygens (including phenoxy) is 1. The molecule has 0 aromatic heterocycles. The van der Waals surface area contributed by atoms with Crippen LogP contribution in [0.2, 0.25) is 0 Å². The second kappa shape index (κ2) is 8.34. The number of rotatable bonds is 7. The van der Waals surface area contributed by atoms with Crippen LogP contribution in [0.15, 0.2) is 53.5 Å². The fraction of sp³-hybridized carbons (Fsp3) is 0.316. The van der Waals surface area contributed by atoms with Crippen LogP contribution < -0.4 is 4.74 Å². The van der Waals surface area contributed by atoms with Gasteiger partial charge in [-0.25, -0.2) is 0 Å². The number of aliphatic imine (C=N–C) groups is 1. The monoisotopic (exact) mass is 312 g/mol. The van der Waals surface area contributed by atoms with Crippen LogP contribution in [0, 0.1) is 0 Å². The number of aromatic hydroxyl groups is 1. The van der Waals surface area contributed by atoms with E-state index in [1.807, 2.05) is 18.2 Å². The van der Waals surface area contributed by atoms with Crippen LogP contribution in [0.25, 0.3) is 0 Å². The van der Waals surface area contributed by atoms with E-state index >= 15 is 0 Å². The van der Waals surface area contributed by atoms with Gasteiger partial charge in [-0.15, -0.1) is 0 Å². The summed E-state index contributed by atoms with van der Waals surface area (Å²) < 4.78 is 5.11. The molecule has 0 bridgehead atoms. The Hall–Kier alpha value is -2.33. The summed E-state index contributed by atoms with van der Waals surface area (Å²) in [7, 11) is 5.66. The van der Waals surface area contributed by atoms with Crippen molar-refractivity contribution in [3.05, 3.63) is 59.7 Å². The molecular weight excluding hydrogens is 288 g/mol. The van der Waals surface area contributed by atoms with Gasteiger partial charge in [-0.1, -0.05) is 36.4 Å². The van der Waals surface area contributed by atoms with Crippen molar-refractivity contribution in [2.24, 2.45) is 4.99 Å². The normalized spacial score (nSPS) is 12.7. The van der Waals surface area contributed by atoms with Crippen molar-refractivity contribution >= 4 is 6.21 Å². The standard InChI is InChI=1S/C19H24N2O2/c1-21(2)17(12-15-8-5-4-6-9-15)14-20-13-16-10-7-11-18(23-3)19(16)22/h4-11,13,17,22H,12,14H2,1-3H3/t17-/m1/s1. The highest BCUT2D eigenvalue weighted by molar-refractivity contribution is 5.84. The summed E-state index contributed by atoms with van der Waals surface area (Å²) in [6.07, 6.45) is 2.65. The molecule has 0 aliphatic heterocycles. The van der Waals surface area contributed by atoms with E-state index in [-0.39, 0.29) is 5.75 Å². The summed E-state index contributed by atoms with van der Waals surface area (Å²) in [5.41, 5.74) is 1.96. The maximum atomic E-state index is 10.1. The lowest BCUT2D eigenvalue weighted by Gasteiger charge is -2.22. The Kier molecular flexibility index (Phi) is 6.18. The maximum absolute atomic E-state index is 10.1. The highest BCUT2D eigenvalue weighted by atomic mass is 16.5. The quantitative estimate of drug-likeness (QED) is 0.799. The van der Waals surface area contributed by atoms with E-state index in [0.29, 0.717) is 23.9 Å². The highest BCUT2D eigenvalue weighted by Gasteiger charge is 2.11. The van der Waals surface area contributed by atoms with Crippen molar-refractivity contribution in [2.75, 3.05) is 27.7 Å². The van der Waals surface area contributed by atoms with Gasteiger partial charge < -0.3 is 14.7 Å². The molecule has 1 N–H and O–H groups in total. The van der Waals surface area contributed by atoms with E-state index in [4.69, 9.17) is 4.74 Å². The molecule has 2 aromatic rings. The van der Waals surface area contributed by atoms with E-state index in [1.54, 1.807) is 12.3 Å². The van der Waals surface area contributed by atoms with Gasteiger partial charge >= 0.3 is 0 Å². The molecule has 4 heteroatoms. The summed E-state index contributed by atoms with van der Waals surface area (Å²) in [5, 5.41) is 10.1. The summed E-state index contributed by atoms with van der Waals surface area (Å²) in [6.45, 7) is 0.665. The minimum absolute atomic E-state index is 0.128. The lowest BCUT2D eigenvalue weighted by Crippen LogP contribution is -2.32. The molecular formula is C19H24N2O2. The lowest BCUT2D eigenvalue weighted by atomic mass is 10.1. The third kappa shape index (κ3) is 4.83. The number of likely N-dealkylation sites (N-methyl/N-ethyl adjacent to an activating group) is 1. The molecule has 0 amide bonds. The van der Waals surface area contributed by atoms with E-state index < -0.39 is 0 Å². The molecule has 0 radical (unpaired) electrons. The van der Waals surface area contributed by atoms with Crippen LogP contribution >= 0.6 is 0 Å². The minimum Gasteiger partial charge on any atom is -0.504 e. The third-order valence-corrected chi connectivity index (χ3v) is 3.84. The fourth-order valence-corrected chi connectivity index (χ4v) is 2.38. The zero-order valence-corrected chi connectivity index (χ0v) is 13.9. The lowest BCUT2D eigenvalue weighted by molar-refractivity contribution is 0.298. The molecule has 0 fully saturated rings. The highest BCUT2D eigenvalue weighted by Crippen LogP contribution is 2.28. The SMILES string of the molecule is COc1cccc(C=NC[C@@H](Cc2ccccc2)N(C)C)c1O. The summed E-state index contributed by atoms with van der Waals surface area (Å²) in [5.74, 6) is 0.589. The summed E-state index contributed by atoms with van der Waals surface area (Å²) >= 11 is 0. The first-order valence-corrected chi connectivity index (χ1v) is 7.68. The fourth-order valence-electron chi connectivity index (χ4n) is 2.38. The predicted octanol–water partition coefficient (Wildman–Crippen LogP) is 2.99. The van der Waals surface area contributed by atoms with Gasteiger partial charge in [0.1, 0.15) is 0 Å². The number of para-hydroxylation sites is 1. The van der Waals surface area contributed by atoms with Gasteiger partial charge in [0.05, 0.1) is 13.7 Å². The Balaban J connectivity index is 2.04. The molecule has 4 nitrogen and oxygen atoms in total. The van der Waals surface area contributed by atoms with Crippen molar-refractivity contribution in [1.29, 1.82) is 0 Å². The van der Waals surface area contributed by atoms with Crippen molar-refractivity contribution in [2.45, 2.75) is 12.5 Å². The Bertz CT molecular complexity index is 639. The van der Waals surface area contributed by atoms with Crippen molar-refractivity contribution in [3.63, 3.8) is 0 Å². The van der Waals surface area contributed by atoms with E-state index in [0.717, 1.165) is 6.42 Å². The number of phenolic OH excluding ortho intramolecular Hbond substituents is 1. The van der Waals surface area contributed by atoms with E-state index in [1.165, 1.54) is 12.7 Å². The Morgan fingerprint density at radius 1 is 1.13 bits per heavy atom. The van der Waals surface area contributed by atoms with Crippen LogP contribution in [0.5, 0.6) is 11.5 Å². The van der Waals surface area contributed by atoms with Crippen LogP contribution in [-0.4, -0.2) is 50.0 Å². The summed E-state index contributed by atoms with van der Waals surface area (Å²) in [6, 6.07) is 16.1. The van der Waals surface area contributed by atoms with Crippen LogP contribution in [0.3, 0.4) is 0 Å². The number of hydrogen-bond acceptors (Lipinski definition) is 4. The number of hydrogen-bond donors (Lipinski definition) is 1. The zero-order valence-electron chi connectivity index (χ0n) is 13.9. The van der Waals surface area contributed by atoms with Gasteiger partial charge in [0.25, 0.3) is 0 Å². The molecule has 2 aromatic carbocycles. The van der Waals surface area contributed by atoms with Crippen LogP contribution in [0.4, 0.5) is 0 Å². The second-order valence-electron chi connectivity index (χ2n) is 5.70. The van der Waals surface area contributed by atoms with Gasteiger partial charge in [0, 0.05) is 17.8 Å². The van der Waals surface area contributed by atoms with Gasteiger partial charge in [-0.05, 0) is 38.2 Å². The third-order valence-electron chi connectivity index (χ3n) is 3.84. The first kappa shape index (κ1) is 17.0. The zero-order chi connectivity index (χ0) is 16.7. The topological polar surface area (TPSA) is 45.1 Å². The summed E-state index contributed by atoms with van der Waals surface area (Å²) in [4.78, 5) is 6.69.